The van der Waals surface area contributed by atoms with Crippen LogP contribution >= 0.6 is 22.9 Å². The van der Waals surface area contributed by atoms with Crippen LogP contribution in [-0.2, 0) is 17.8 Å². The normalized spacial score (nSPS) is 12.0. The van der Waals surface area contributed by atoms with Crippen LogP contribution in [0, 0.1) is 0 Å². The Kier molecular flexibility index (Phi) is 6.28. The molecule has 2 aromatic rings. The second-order valence-electron chi connectivity index (χ2n) is 5.14. The maximum atomic E-state index is 12.2. The van der Waals surface area contributed by atoms with Gasteiger partial charge in [0.05, 0.1) is 7.11 Å². The van der Waals surface area contributed by atoms with Gasteiger partial charge in [-0.1, -0.05) is 18.2 Å². The fourth-order valence-electron chi connectivity index (χ4n) is 2.32. The van der Waals surface area contributed by atoms with Crippen LogP contribution in [0.3, 0.4) is 0 Å². The summed E-state index contributed by atoms with van der Waals surface area (Å²) < 4.78 is 5.16. The molecule has 0 N–H and O–H groups in total. The molecule has 0 fully saturated rings. The monoisotopic (exact) mass is 337 g/mol. The van der Waals surface area contributed by atoms with Crippen molar-refractivity contribution >= 4 is 28.8 Å². The Balaban J connectivity index is 2.09. The van der Waals surface area contributed by atoms with Crippen LogP contribution in [0.1, 0.15) is 17.4 Å². The quantitative estimate of drug-likeness (QED) is 0.716. The molecule has 0 aliphatic carbocycles. The standard InChI is InChI=1S/C17H20ClNO2S/c1-13(10-16-4-3-9-22-16)19(17(20)11-18)12-14-5-7-15(21-2)8-6-14/h3-9,13H,10-12H2,1-2H3/t13-/m1/s1. The summed E-state index contributed by atoms with van der Waals surface area (Å²) >= 11 is 7.49. The van der Waals surface area contributed by atoms with E-state index in [0.29, 0.717) is 6.54 Å². The molecule has 0 spiro atoms. The molecule has 1 amide bonds. The van der Waals surface area contributed by atoms with E-state index in [0.717, 1.165) is 17.7 Å². The minimum absolute atomic E-state index is 0.00490. The molecule has 2 rings (SSSR count). The Bertz CT molecular complexity index is 583. The average molecular weight is 338 g/mol. The van der Waals surface area contributed by atoms with Crippen LogP contribution < -0.4 is 4.74 Å². The number of thiophene rings is 1. The number of rotatable bonds is 7. The van der Waals surface area contributed by atoms with E-state index in [4.69, 9.17) is 16.3 Å². The van der Waals surface area contributed by atoms with E-state index in [1.165, 1.54) is 4.88 Å². The van der Waals surface area contributed by atoms with Crippen molar-refractivity contribution in [1.29, 1.82) is 0 Å². The highest BCUT2D eigenvalue weighted by Gasteiger charge is 2.20. The minimum Gasteiger partial charge on any atom is -0.497 e. The molecule has 5 heteroatoms. The number of benzene rings is 1. The fraction of sp³-hybridized carbons (Fsp3) is 0.353. The molecule has 0 bridgehead atoms. The van der Waals surface area contributed by atoms with E-state index < -0.39 is 0 Å². The molecule has 0 aliphatic heterocycles. The Morgan fingerprint density at radius 3 is 2.59 bits per heavy atom. The first-order chi connectivity index (χ1) is 10.6. The van der Waals surface area contributed by atoms with Crippen molar-refractivity contribution in [3.63, 3.8) is 0 Å². The highest BCUT2D eigenvalue weighted by atomic mass is 35.5. The smallest absolute Gasteiger partial charge is 0.238 e. The number of ether oxygens (including phenoxy) is 1. The van der Waals surface area contributed by atoms with Crippen LogP contribution in [0.25, 0.3) is 0 Å². The van der Waals surface area contributed by atoms with Gasteiger partial charge in [-0.25, -0.2) is 0 Å². The third-order valence-corrected chi connectivity index (χ3v) is 4.68. The first-order valence-electron chi connectivity index (χ1n) is 7.14. The molecule has 3 nitrogen and oxygen atoms in total. The second-order valence-corrected chi connectivity index (χ2v) is 6.44. The molecular formula is C17H20ClNO2S. The van der Waals surface area contributed by atoms with Gasteiger partial charge >= 0.3 is 0 Å². The van der Waals surface area contributed by atoms with Gasteiger partial charge in [-0.2, -0.15) is 0 Å². The lowest BCUT2D eigenvalue weighted by atomic mass is 10.1. The summed E-state index contributed by atoms with van der Waals surface area (Å²) in [7, 11) is 1.64. The summed E-state index contributed by atoms with van der Waals surface area (Å²) in [5.41, 5.74) is 1.07. The lowest BCUT2D eigenvalue weighted by molar-refractivity contribution is -0.131. The van der Waals surface area contributed by atoms with Gasteiger partial charge < -0.3 is 9.64 Å². The zero-order valence-corrected chi connectivity index (χ0v) is 14.4. The molecule has 0 saturated carbocycles. The van der Waals surface area contributed by atoms with E-state index in [-0.39, 0.29) is 17.8 Å². The van der Waals surface area contributed by atoms with Crippen molar-refractivity contribution in [3.8, 4) is 5.75 Å². The topological polar surface area (TPSA) is 29.5 Å². The maximum Gasteiger partial charge on any atom is 0.238 e. The number of hydrogen-bond donors (Lipinski definition) is 0. The highest BCUT2D eigenvalue weighted by Crippen LogP contribution is 2.18. The van der Waals surface area contributed by atoms with E-state index in [1.807, 2.05) is 35.2 Å². The first kappa shape index (κ1) is 16.8. The number of halogens is 1. The van der Waals surface area contributed by atoms with Crippen molar-refractivity contribution in [2.75, 3.05) is 13.0 Å². The minimum atomic E-state index is -0.0402. The lowest BCUT2D eigenvalue weighted by Crippen LogP contribution is -2.40. The molecule has 22 heavy (non-hydrogen) atoms. The van der Waals surface area contributed by atoms with Gasteiger partial charge in [-0.15, -0.1) is 22.9 Å². The van der Waals surface area contributed by atoms with Crippen molar-refractivity contribution in [3.05, 3.63) is 52.2 Å². The molecule has 0 unspecified atom stereocenters. The van der Waals surface area contributed by atoms with Gasteiger partial charge in [0.25, 0.3) is 0 Å². The van der Waals surface area contributed by atoms with Crippen molar-refractivity contribution in [1.82, 2.24) is 4.90 Å². The van der Waals surface area contributed by atoms with Crippen LogP contribution in [0.2, 0.25) is 0 Å². The molecule has 0 aliphatic rings. The fourth-order valence-corrected chi connectivity index (χ4v) is 3.30. The zero-order chi connectivity index (χ0) is 15.9. The summed E-state index contributed by atoms with van der Waals surface area (Å²) in [5.74, 6) is 0.775. The summed E-state index contributed by atoms with van der Waals surface area (Å²) in [4.78, 5) is 15.3. The van der Waals surface area contributed by atoms with E-state index in [1.54, 1.807) is 18.4 Å². The number of amides is 1. The largest absolute Gasteiger partial charge is 0.497 e. The number of alkyl halides is 1. The predicted octanol–water partition coefficient (Wildman–Crippen LogP) is 3.96. The predicted molar refractivity (Wildman–Crippen MR) is 91.7 cm³/mol. The van der Waals surface area contributed by atoms with E-state index in [9.17, 15) is 4.79 Å². The summed E-state index contributed by atoms with van der Waals surface area (Å²) in [5, 5.41) is 2.05. The molecule has 1 heterocycles. The summed E-state index contributed by atoms with van der Waals surface area (Å²) in [6.45, 7) is 2.62. The third kappa shape index (κ3) is 4.49. The second kappa shape index (κ2) is 8.20. The highest BCUT2D eigenvalue weighted by molar-refractivity contribution is 7.09. The SMILES string of the molecule is COc1ccc(CN(C(=O)CCl)[C@H](C)Cc2cccs2)cc1. The van der Waals surface area contributed by atoms with E-state index in [2.05, 4.69) is 18.4 Å². The molecule has 0 radical (unpaired) electrons. The van der Waals surface area contributed by atoms with Crippen LogP contribution in [0.4, 0.5) is 0 Å². The summed E-state index contributed by atoms with van der Waals surface area (Å²) in [6.07, 6.45) is 0.844. The van der Waals surface area contributed by atoms with Gasteiger partial charge in [-0.3, -0.25) is 4.79 Å². The Labute approximate surface area is 140 Å². The number of nitrogens with zero attached hydrogens (tertiary/aromatic N) is 1. The van der Waals surface area contributed by atoms with Crippen molar-refractivity contribution < 1.29 is 9.53 Å². The Morgan fingerprint density at radius 2 is 2.05 bits per heavy atom. The van der Waals surface area contributed by atoms with Gasteiger partial charge in [0.1, 0.15) is 11.6 Å². The first-order valence-corrected chi connectivity index (χ1v) is 8.56. The lowest BCUT2D eigenvalue weighted by Gasteiger charge is -2.29. The van der Waals surface area contributed by atoms with E-state index >= 15 is 0 Å². The van der Waals surface area contributed by atoms with Gasteiger partial charge in [0, 0.05) is 23.9 Å². The number of carbonyl (C=O) groups excluding carboxylic acids is 1. The van der Waals surface area contributed by atoms with Gasteiger partial charge in [0.15, 0.2) is 0 Å². The maximum absolute atomic E-state index is 12.2. The van der Waals surface area contributed by atoms with Gasteiger partial charge in [0.2, 0.25) is 5.91 Å². The third-order valence-electron chi connectivity index (χ3n) is 3.56. The zero-order valence-electron chi connectivity index (χ0n) is 12.8. The van der Waals surface area contributed by atoms with Crippen LogP contribution in [0.15, 0.2) is 41.8 Å². The average Bonchev–Trinajstić information content (AvgIpc) is 3.05. The van der Waals surface area contributed by atoms with Gasteiger partial charge in [-0.05, 0) is 36.1 Å². The number of hydrogen-bond acceptors (Lipinski definition) is 3. The van der Waals surface area contributed by atoms with Crippen LogP contribution in [0.5, 0.6) is 5.75 Å². The van der Waals surface area contributed by atoms with Crippen molar-refractivity contribution in [2.45, 2.75) is 25.9 Å². The molecule has 0 saturated heterocycles. The molecule has 1 atom stereocenters. The number of carbonyl (C=O) groups is 1. The Hall–Kier alpha value is -1.52. The molecule has 1 aromatic carbocycles. The molecule has 1 aromatic heterocycles. The summed E-state index contributed by atoms with van der Waals surface area (Å²) in [6, 6.07) is 12.0. The molecular weight excluding hydrogens is 318 g/mol. The molecule has 118 valence electrons. The van der Waals surface area contributed by atoms with Crippen molar-refractivity contribution in [2.24, 2.45) is 0 Å². The van der Waals surface area contributed by atoms with Crippen LogP contribution in [-0.4, -0.2) is 29.8 Å². The number of methoxy groups -OCH3 is 1. The Morgan fingerprint density at radius 1 is 1.32 bits per heavy atom.